The van der Waals surface area contributed by atoms with Crippen LogP contribution in [0.5, 0.6) is 0 Å². The summed E-state index contributed by atoms with van der Waals surface area (Å²) in [5, 5.41) is 0. The molecule has 3 rings (SSSR count). The van der Waals surface area contributed by atoms with Gasteiger partial charge in [0.1, 0.15) is 0 Å². The molecule has 2 atom stereocenters. The number of nitrogens with two attached hydrogens (primary N) is 1. The Morgan fingerprint density at radius 3 is 2.52 bits per heavy atom. The summed E-state index contributed by atoms with van der Waals surface area (Å²) in [5.41, 5.74) is 9.41. The van der Waals surface area contributed by atoms with Crippen LogP contribution in [0.25, 0.3) is 0 Å². The molecule has 21 heavy (non-hydrogen) atoms. The van der Waals surface area contributed by atoms with Crippen LogP contribution in [-0.2, 0) is 11.3 Å². The number of hydrogen-bond acceptors (Lipinski definition) is 2. The Balaban J connectivity index is 2.00. The second-order valence-electron chi connectivity index (χ2n) is 5.67. The fraction of sp³-hybridized carbons (Fsp3) is 0.278. The van der Waals surface area contributed by atoms with Crippen LogP contribution >= 0.6 is 0 Å². The number of rotatable bonds is 3. The highest BCUT2D eigenvalue weighted by atomic mass is 16.1. The summed E-state index contributed by atoms with van der Waals surface area (Å²) in [4.78, 5) is 13.7. The first-order valence-corrected chi connectivity index (χ1v) is 7.33. The van der Waals surface area contributed by atoms with E-state index in [0.29, 0.717) is 0 Å². The van der Waals surface area contributed by atoms with Crippen LogP contribution in [0, 0.1) is 0 Å². The van der Waals surface area contributed by atoms with E-state index in [4.69, 9.17) is 5.73 Å². The van der Waals surface area contributed by atoms with Gasteiger partial charge in [-0.3, -0.25) is 9.69 Å². The molecule has 2 aromatic rings. The molecule has 0 saturated heterocycles. The smallest absolute Gasteiger partial charge is 0.234 e. The summed E-state index contributed by atoms with van der Waals surface area (Å²) >= 11 is 0. The molecule has 3 heteroatoms. The number of carbonyl (C=O) groups is 1. The molecule has 0 radical (unpaired) electrons. The summed E-state index contributed by atoms with van der Waals surface area (Å²) in [5.74, 6) is 0.0270. The summed E-state index contributed by atoms with van der Waals surface area (Å²) in [7, 11) is 0. The minimum absolute atomic E-state index is 0.246. The predicted molar refractivity (Wildman–Crippen MR) is 83.8 cm³/mol. The van der Waals surface area contributed by atoms with Crippen molar-refractivity contribution >= 4 is 5.91 Å². The van der Waals surface area contributed by atoms with Crippen LogP contribution < -0.4 is 5.73 Å². The maximum atomic E-state index is 11.5. The van der Waals surface area contributed by atoms with Crippen LogP contribution in [0.2, 0.25) is 0 Å². The van der Waals surface area contributed by atoms with Gasteiger partial charge in [0, 0.05) is 19.0 Å². The number of nitrogens with zero attached hydrogens (tertiary/aromatic N) is 1. The number of amides is 1. The van der Waals surface area contributed by atoms with E-state index in [1.165, 1.54) is 16.7 Å². The van der Waals surface area contributed by atoms with Gasteiger partial charge in [0.2, 0.25) is 5.91 Å². The Morgan fingerprint density at radius 2 is 1.81 bits per heavy atom. The molecule has 1 aliphatic rings. The van der Waals surface area contributed by atoms with Gasteiger partial charge in [-0.15, -0.1) is 0 Å². The first kappa shape index (κ1) is 13.8. The van der Waals surface area contributed by atoms with E-state index < -0.39 is 0 Å². The molecule has 1 aliphatic heterocycles. The van der Waals surface area contributed by atoms with Crippen LogP contribution in [0.3, 0.4) is 0 Å². The van der Waals surface area contributed by atoms with Gasteiger partial charge in [0.25, 0.3) is 0 Å². The molecule has 0 aliphatic carbocycles. The standard InChI is InChI=1S/C18H20N2O/c1-13(18(19)21)20-11-15-9-5-6-10-16(15)17(12-20)14-7-3-2-4-8-14/h2-10,13,17H,11-12H2,1H3,(H2,19,21)/t13-,17+/m1/s1. The van der Waals surface area contributed by atoms with E-state index in [0.717, 1.165) is 13.1 Å². The molecule has 0 spiro atoms. The monoisotopic (exact) mass is 280 g/mol. The number of hydrogen-bond donors (Lipinski definition) is 1. The van der Waals surface area contributed by atoms with Gasteiger partial charge in [-0.2, -0.15) is 0 Å². The lowest BCUT2D eigenvalue weighted by molar-refractivity contribution is -0.123. The van der Waals surface area contributed by atoms with Crippen molar-refractivity contribution in [2.75, 3.05) is 6.54 Å². The molecule has 0 aromatic heterocycles. The van der Waals surface area contributed by atoms with Gasteiger partial charge in [0.05, 0.1) is 6.04 Å². The molecule has 108 valence electrons. The second-order valence-corrected chi connectivity index (χ2v) is 5.67. The Morgan fingerprint density at radius 1 is 1.14 bits per heavy atom. The zero-order chi connectivity index (χ0) is 14.8. The Kier molecular flexibility index (Phi) is 3.76. The van der Waals surface area contributed by atoms with Crippen molar-refractivity contribution in [2.24, 2.45) is 5.73 Å². The predicted octanol–water partition coefficient (Wildman–Crippen LogP) is 2.51. The molecular weight excluding hydrogens is 260 g/mol. The zero-order valence-electron chi connectivity index (χ0n) is 12.2. The fourth-order valence-electron chi connectivity index (χ4n) is 3.08. The normalized spacial score (nSPS) is 19.8. The van der Waals surface area contributed by atoms with Crippen molar-refractivity contribution < 1.29 is 4.79 Å². The number of fused-ring (bicyclic) bond motifs is 1. The molecular formula is C18H20N2O. The van der Waals surface area contributed by atoms with E-state index >= 15 is 0 Å². The average molecular weight is 280 g/mol. The van der Waals surface area contributed by atoms with Gasteiger partial charge in [-0.1, -0.05) is 54.6 Å². The van der Waals surface area contributed by atoms with E-state index in [-0.39, 0.29) is 17.9 Å². The van der Waals surface area contributed by atoms with E-state index in [1.807, 2.05) is 13.0 Å². The Labute approximate surface area is 125 Å². The highest BCUT2D eigenvalue weighted by Crippen LogP contribution is 2.34. The van der Waals surface area contributed by atoms with Crippen LogP contribution in [0.15, 0.2) is 54.6 Å². The minimum Gasteiger partial charge on any atom is -0.368 e. The summed E-state index contributed by atoms with van der Waals surface area (Å²) in [6, 6.07) is 18.7. The van der Waals surface area contributed by atoms with Crippen molar-refractivity contribution in [3.63, 3.8) is 0 Å². The SMILES string of the molecule is C[C@H](C(N)=O)N1Cc2ccccc2[C@H](c2ccccc2)C1. The lowest BCUT2D eigenvalue weighted by Gasteiger charge is -2.37. The van der Waals surface area contributed by atoms with Crippen molar-refractivity contribution in [1.82, 2.24) is 4.90 Å². The third-order valence-electron chi connectivity index (χ3n) is 4.38. The van der Waals surface area contributed by atoms with Crippen LogP contribution in [0.1, 0.15) is 29.5 Å². The van der Waals surface area contributed by atoms with Gasteiger partial charge < -0.3 is 5.73 Å². The van der Waals surface area contributed by atoms with E-state index in [2.05, 4.69) is 53.4 Å². The lowest BCUT2D eigenvalue weighted by atomic mass is 9.84. The van der Waals surface area contributed by atoms with Gasteiger partial charge in [-0.25, -0.2) is 0 Å². The molecule has 2 aromatic carbocycles. The van der Waals surface area contributed by atoms with E-state index in [9.17, 15) is 4.79 Å². The zero-order valence-corrected chi connectivity index (χ0v) is 12.2. The third-order valence-corrected chi connectivity index (χ3v) is 4.38. The molecule has 3 nitrogen and oxygen atoms in total. The van der Waals surface area contributed by atoms with Crippen LogP contribution in [0.4, 0.5) is 0 Å². The van der Waals surface area contributed by atoms with Crippen molar-refractivity contribution in [1.29, 1.82) is 0 Å². The highest BCUT2D eigenvalue weighted by Gasteiger charge is 2.30. The first-order valence-electron chi connectivity index (χ1n) is 7.33. The number of carbonyl (C=O) groups excluding carboxylic acids is 1. The molecule has 1 heterocycles. The lowest BCUT2D eigenvalue weighted by Crippen LogP contribution is -2.46. The summed E-state index contributed by atoms with van der Waals surface area (Å²) in [6.07, 6.45) is 0. The highest BCUT2D eigenvalue weighted by molar-refractivity contribution is 5.79. The molecule has 2 N–H and O–H groups in total. The second kappa shape index (κ2) is 5.70. The van der Waals surface area contributed by atoms with E-state index in [1.54, 1.807) is 0 Å². The van der Waals surface area contributed by atoms with Gasteiger partial charge in [-0.05, 0) is 23.6 Å². The molecule has 0 bridgehead atoms. The number of primary amides is 1. The van der Waals surface area contributed by atoms with Crippen molar-refractivity contribution in [3.8, 4) is 0 Å². The van der Waals surface area contributed by atoms with Gasteiger partial charge in [0.15, 0.2) is 0 Å². The molecule has 1 amide bonds. The average Bonchev–Trinajstić information content (AvgIpc) is 2.53. The fourth-order valence-corrected chi connectivity index (χ4v) is 3.08. The summed E-state index contributed by atoms with van der Waals surface area (Å²) < 4.78 is 0. The Hall–Kier alpha value is -2.13. The molecule has 0 unspecified atom stereocenters. The number of benzene rings is 2. The van der Waals surface area contributed by atoms with Crippen LogP contribution in [-0.4, -0.2) is 23.4 Å². The molecule has 0 fully saturated rings. The van der Waals surface area contributed by atoms with Crippen molar-refractivity contribution in [3.05, 3.63) is 71.3 Å². The topological polar surface area (TPSA) is 46.3 Å². The minimum atomic E-state index is -0.263. The quantitative estimate of drug-likeness (QED) is 0.939. The third kappa shape index (κ3) is 2.69. The maximum absolute atomic E-state index is 11.5. The van der Waals surface area contributed by atoms with Crippen molar-refractivity contribution in [2.45, 2.75) is 25.4 Å². The first-order chi connectivity index (χ1) is 10.2. The van der Waals surface area contributed by atoms with Gasteiger partial charge >= 0.3 is 0 Å². The summed E-state index contributed by atoms with van der Waals surface area (Å²) in [6.45, 7) is 3.49. The largest absolute Gasteiger partial charge is 0.368 e. The molecule has 0 saturated carbocycles. The Bertz CT molecular complexity index is 639. The maximum Gasteiger partial charge on any atom is 0.234 e.